The molecule has 0 radical (unpaired) electrons. The first-order valence-electron chi connectivity index (χ1n) is 5.57. The van der Waals surface area contributed by atoms with Crippen LogP contribution in [0.2, 0.25) is 0 Å². The molecule has 0 saturated carbocycles. The van der Waals surface area contributed by atoms with Crippen molar-refractivity contribution in [3.05, 3.63) is 11.5 Å². The minimum Gasteiger partial charge on any atom is -0.480 e. The molecule has 2 aromatic rings. The lowest BCUT2D eigenvalue weighted by molar-refractivity contribution is -0.137. The van der Waals surface area contributed by atoms with E-state index in [-0.39, 0.29) is 0 Å². The maximum Gasteiger partial charge on any atom is 0.325 e. The second-order valence-corrected chi connectivity index (χ2v) is 4.23. The zero-order valence-corrected chi connectivity index (χ0v) is 10.7. The molecule has 18 heavy (non-hydrogen) atoms. The Hall–Kier alpha value is -2.18. The van der Waals surface area contributed by atoms with Crippen LogP contribution in [0.1, 0.15) is 18.4 Å². The van der Waals surface area contributed by atoms with E-state index in [1.54, 1.807) is 25.6 Å². The molecule has 7 nitrogen and oxygen atoms in total. The van der Waals surface area contributed by atoms with Crippen molar-refractivity contribution in [3.8, 4) is 0 Å². The molecular weight excluding hydrogens is 234 g/mol. The number of nitrogens with one attached hydrogen (secondary N) is 1. The lowest BCUT2D eigenvalue weighted by Crippen LogP contribution is -2.26. The van der Waals surface area contributed by atoms with Crippen LogP contribution in [0.3, 0.4) is 0 Å². The van der Waals surface area contributed by atoms with Gasteiger partial charge in [-0.15, -0.1) is 0 Å². The second kappa shape index (κ2) is 4.25. The molecule has 0 spiro atoms. The van der Waals surface area contributed by atoms with Crippen LogP contribution >= 0.6 is 0 Å². The summed E-state index contributed by atoms with van der Waals surface area (Å²) in [5.41, 5.74) is 2.25. The van der Waals surface area contributed by atoms with Crippen LogP contribution in [0.25, 0.3) is 11.0 Å². The van der Waals surface area contributed by atoms with Gasteiger partial charge in [-0.3, -0.25) is 9.48 Å². The predicted octanol–water partition coefficient (Wildman–Crippen LogP) is 0.865. The fraction of sp³-hybridized carbons (Fsp3) is 0.455. The number of carboxylic acids is 1. The molecule has 0 saturated heterocycles. The summed E-state index contributed by atoms with van der Waals surface area (Å²) in [5.74, 6) is 0.146. The molecule has 0 aromatic carbocycles. The van der Waals surface area contributed by atoms with Crippen LogP contribution in [0.5, 0.6) is 0 Å². The number of nitrogens with zero attached hydrogens (tertiary/aromatic N) is 4. The second-order valence-electron chi connectivity index (χ2n) is 4.23. The normalized spacial score (nSPS) is 12.7. The van der Waals surface area contributed by atoms with E-state index in [0.29, 0.717) is 17.2 Å². The van der Waals surface area contributed by atoms with Gasteiger partial charge in [0.25, 0.3) is 0 Å². The van der Waals surface area contributed by atoms with Crippen molar-refractivity contribution in [2.45, 2.75) is 26.8 Å². The highest BCUT2D eigenvalue weighted by Gasteiger charge is 2.17. The fourth-order valence-electron chi connectivity index (χ4n) is 1.82. The molecule has 2 rings (SSSR count). The minimum absolute atomic E-state index is 0.496. The summed E-state index contributed by atoms with van der Waals surface area (Å²) in [4.78, 5) is 19.5. The summed E-state index contributed by atoms with van der Waals surface area (Å²) in [6.07, 6.45) is 0. The third-order valence-electron chi connectivity index (χ3n) is 2.69. The van der Waals surface area contributed by atoms with Crippen LogP contribution in [-0.4, -0.2) is 36.9 Å². The maximum atomic E-state index is 10.9. The summed E-state index contributed by atoms with van der Waals surface area (Å²) in [6.45, 7) is 5.19. The van der Waals surface area contributed by atoms with Crippen molar-refractivity contribution in [2.75, 3.05) is 5.32 Å². The Morgan fingerprint density at radius 1 is 1.39 bits per heavy atom. The van der Waals surface area contributed by atoms with Gasteiger partial charge < -0.3 is 10.4 Å². The van der Waals surface area contributed by atoms with E-state index in [2.05, 4.69) is 20.4 Å². The molecule has 0 fully saturated rings. The summed E-state index contributed by atoms with van der Waals surface area (Å²) < 4.78 is 1.65. The number of hydrogen-bond acceptors (Lipinski definition) is 5. The lowest BCUT2D eigenvalue weighted by Gasteiger charge is -2.11. The molecule has 0 aliphatic heterocycles. The number of aliphatic carboxylic acids is 1. The Bertz CT molecular complexity index is 619. The van der Waals surface area contributed by atoms with E-state index in [0.717, 1.165) is 11.2 Å². The molecule has 0 aliphatic rings. The average Bonchev–Trinajstić information content (AvgIpc) is 2.54. The standard InChI is InChI=1S/C11H15N5O2/c1-5-8-9(16(4)15-5)10(14-7(3)13-8)12-6(2)11(17)18/h6H,1-4H3,(H,17,18)(H,12,13,14)/t6-/m1/s1. The van der Waals surface area contributed by atoms with Crippen LogP contribution < -0.4 is 5.32 Å². The summed E-state index contributed by atoms with van der Waals surface area (Å²) in [5, 5.41) is 16.1. The van der Waals surface area contributed by atoms with Gasteiger partial charge in [-0.1, -0.05) is 0 Å². The summed E-state index contributed by atoms with van der Waals surface area (Å²) >= 11 is 0. The molecule has 2 heterocycles. The topological polar surface area (TPSA) is 92.9 Å². The monoisotopic (exact) mass is 249 g/mol. The highest BCUT2D eigenvalue weighted by molar-refractivity contribution is 5.89. The average molecular weight is 249 g/mol. The zero-order valence-electron chi connectivity index (χ0n) is 10.7. The molecule has 2 aromatic heterocycles. The summed E-state index contributed by atoms with van der Waals surface area (Å²) in [6, 6.07) is -0.724. The molecule has 2 N–H and O–H groups in total. The molecule has 0 amide bonds. The first-order valence-corrected chi connectivity index (χ1v) is 5.57. The van der Waals surface area contributed by atoms with Gasteiger partial charge in [0.05, 0.1) is 5.69 Å². The molecule has 7 heteroatoms. The van der Waals surface area contributed by atoms with Crippen molar-refractivity contribution >= 4 is 22.8 Å². The van der Waals surface area contributed by atoms with E-state index < -0.39 is 12.0 Å². The van der Waals surface area contributed by atoms with Gasteiger partial charge in [0.1, 0.15) is 22.9 Å². The fourth-order valence-corrected chi connectivity index (χ4v) is 1.82. The van der Waals surface area contributed by atoms with E-state index in [1.807, 2.05) is 6.92 Å². The van der Waals surface area contributed by atoms with Gasteiger partial charge in [0, 0.05) is 7.05 Å². The Morgan fingerprint density at radius 2 is 2.06 bits per heavy atom. The number of fused-ring (bicyclic) bond motifs is 1. The number of carbonyl (C=O) groups is 1. The third kappa shape index (κ3) is 1.99. The number of hydrogen-bond donors (Lipinski definition) is 2. The first kappa shape index (κ1) is 12.3. The molecule has 0 bridgehead atoms. The lowest BCUT2D eigenvalue weighted by atomic mass is 10.3. The number of carboxylic acid groups (broad SMARTS) is 1. The molecule has 96 valence electrons. The largest absolute Gasteiger partial charge is 0.480 e. The Kier molecular flexibility index (Phi) is 2.90. The van der Waals surface area contributed by atoms with Gasteiger partial charge in [0.15, 0.2) is 5.82 Å². The number of aryl methyl sites for hydroxylation is 3. The summed E-state index contributed by atoms with van der Waals surface area (Å²) in [7, 11) is 1.78. The van der Waals surface area contributed by atoms with Crippen molar-refractivity contribution in [3.63, 3.8) is 0 Å². The van der Waals surface area contributed by atoms with Gasteiger partial charge >= 0.3 is 5.97 Å². The van der Waals surface area contributed by atoms with E-state index in [4.69, 9.17) is 5.11 Å². The molecule has 0 unspecified atom stereocenters. The highest BCUT2D eigenvalue weighted by atomic mass is 16.4. The number of rotatable bonds is 3. The van der Waals surface area contributed by atoms with Crippen molar-refractivity contribution in [2.24, 2.45) is 7.05 Å². The first-order chi connectivity index (χ1) is 8.40. The van der Waals surface area contributed by atoms with Crippen LogP contribution in [0.4, 0.5) is 5.82 Å². The van der Waals surface area contributed by atoms with E-state index in [9.17, 15) is 4.79 Å². The molecule has 1 atom stereocenters. The van der Waals surface area contributed by atoms with Gasteiger partial charge in [-0.25, -0.2) is 9.97 Å². The van der Waals surface area contributed by atoms with E-state index in [1.165, 1.54) is 0 Å². The van der Waals surface area contributed by atoms with Crippen molar-refractivity contribution < 1.29 is 9.90 Å². The van der Waals surface area contributed by atoms with E-state index >= 15 is 0 Å². The van der Waals surface area contributed by atoms with Gasteiger partial charge in [-0.05, 0) is 20.8 Å². The smallest absolute Gasteiger partial charge is 0.325 e. The van der Waals surface area contributed by atoms with Crippen LogP contribution in [0.15, 0.2) is 0 Å². The van der Waals surface area contributed by atoms with Gasteiger partial charge in [-0.2, -0.15) is 5.10 Å². The number of aromatic nitrogens is 4. The number of anilines is 1. The van der Waals surface area contributed by atoms with Gasteiger partial charge in [0.2, 0.25) is 0 Å². The van der Waals surface area contributed by atoms with Crippen molar-refractivity contribution in [1.82, 2.24) is 19.7 Å². The Labute approximate surface area is 104 Å². The predicted molar refractivity (Wildman–Crippen MR) is 66.5 cm³/mol. The van der Waals surface area contributed by atoms with Crippen LogP contribution in [-0.2, 0) is 11.8 Å². The third-order valence-corrected chi connectivity index (χ3v) is 2.69. The van der Waals surface area contributed by atoms with Crippen LogP contribution in [0, 0.1) is 13.8 Å². The SMILES string of the molecule is Cc1nc(N[C@H](C)C(=O)O)c2c(n1)c(C)nn2C. The maximum absolute atomic E-state index is 10.9. The Morgan fingerprint density at radius 3 is 2.67 bits per heavy atom. The molecular formula is C11H15N5O2. The minimum atomic E-state index is -0.932. The Balaban J connectivity index is 2.59. The molecule has 0 aliphatic carbocycles. The van der Waals surface area contributed by atoms with Crippen molar-refractivity contribution in [1.29, 1.82) is 0 Å². The highest BCUT2D eigenvalue weighted by Crippen LogP contribution is 2.22. The zero-order chi connectivity index (χ0) is 13.4. The quantitative estimate of drug-likeness (QED) is 0.838.